The highest BCUT2D eigenvalue weighted by atomic mass is 32.2. The van der Waals surface area contributed by atoms with Crippen LogP contribution in [-0.2, 0) is 6.54 Å². The first kappa shape index (κ1) is 16.1. The molecule has 0 spiro atoms. The van der Waals surface area contributed by atoms with Crippen molar-refractivity contribution in [3.05, 3.63) is 48.4 Å². The number of nitrogens with zero attached hydrogens (tertiary/aromatic N) is 4. The lowest BCUT2D eigenvalue weighted by atomic mass is 10.2. The second kappa shape index (κ2) is 7.23. The van der Waals surface area contributed by atoms with Crippen molar-refractivity contribution in [1.29, 1.82) is 5.26 Å². The lowest BCUT2D eigenvalue weighted by molar-refractivity contribution is 0.415. The molecule has 122 valence electrons. The van der Waals surface area contributed by atoms with Crippen LogP contribution in [-0.4, -0.2) is 27.1 Å². The molecule has 6 nitrogen and oxygen atoms in total. The van der Waals surface area contributed by atoms with Gasteiger partial charge in [-0.2, -0.15) is 5.26 Å². The molecule has 0 amide bonds. The maximum Gasteiger partial charge on any atom is 0.193 e. The fourth-order valence-corrected chi connectivity index (χ4v) is 2.97. The van der Waals surface area contributed by atoms with Crippen LogP contribution in [0.1, 0.15) is 12.7 Å². The van der Waals surface area contributed by atoms with Crippen molar-refractivity contribution < 1.29 is 9.15 Å². The van der Waals surface area contributed by atoms with Crippen LogP contribution in [0.4, 0.5) is 0 Å². The number of nitriles is 1. The van der Waals surface area contributed by atoms with E-state index < -0.39 is 0 Å². The highest BCUT2D eigenvalue weighted by Gasteiger charge is 2.18. The third kappa shape index (κ3) is 3.44. The molecule has 0 unspecified atom stereocenters. The summed E-state index contributed by atoms with van der Waals surface area (Å²) in [4.78, 5) is 0. The molecule has 0 fully saturated rings. The van der Waals surface area contributed by atoms with Gasteiger partial charge in [-0.1, -0.05) is 23.9 Å². The lowest BCUT2D eigenvalue weighted by Crippen LogP contribution is -2.05. The largest absolute Gasteiger partial charge is 0.497 e. The van der Waals surface area contributed by atoms with E-state index in [4.69, 9.17) is 14.4 Å². The van der Waals surface area contributed by atoms with Gasteiger partial charge in [0.15, 0.2) is 11.0 Å². The van der Waals surface area contributed by atoms with Crippen molar-refractivity contribution in [1.82, 2.24) is 14.8 Å². The van der Waals surface area contributed by atoms with Gasteiger partial charge in [-0.3, -0.25) is 4.57 Å². The van der Waals surface area contributed by atoms with E-state index in [-0.39, 0.29) is 5.25 Å². The Bertz CT molecular complexity index is 852. The van der Waals surface area contributed by atoms with Crippen LogP contribution in [0.15, 0.2) is 52.2 Å². The third-order valence-electron chi connectivity index (χ3n) is 3.40. The minimum Gasteiger partial charge on any atom is -0.497 e. The van der Waals surface area contributed by atoms with E-state index in [1.807, 2.05) is 47.9 Å². The van der Waals surface area contributed by atoms with E-state index in [1.54, 1.807) is 13.4 Å². The summed E-state index contributed by atoms with van der Waals surface area (Å²) in [6, 6.07) is 13.6. The number of thioether (sulfide) groups is 1. The molecule has 0 bridgehead atoms. The van der Waals surface area contributed by atoms with Crippen LogP contribution in [0.3, 0.4) is 0 Å². The molecule has 0 aliphatic rings. The predicted octanol–water partition coefficient (Wildman–Crippen LogP) is 3.60. The van der Waals surface area contributed by atoms with Gasteiger partial charge in [-0.05, 0) is 31.2 Å². The average molecular weight is 340 g/mol. The van der Waals surface area contributed by atoms with E-state index >= 15 is 0 Å². The second-order valence-corrected chi connectivity index (χ2v) is 6.40. The number of methoxy groups -OCH3 is 1. The summed E-state index contributed by atoms with van der Waals surface area (Å²) in [5.41, 5.74) is 0.893. The predicted molar refractivity (Wildman–Crippen MR) is 90.8 cm³/mol. The minimum absolute atomic E-state index is 0.220. The Kier molecular flexibility index (Phi) is 4.87. The molecule has 0 saturated carbocycles. The highest BCUT2D eigenvalue weighted by Crippen LogP contribution is 2.29. The van der Waals surface area contributed by atoms with Gasteiger partial charge in [-0.25, -0.2) is 0 Å². The Labute approximate surface area is 144 Å². The summed E-state index contributed by atoms with van der Waals surface area (Å²) >= 11 is 1.37. The standard InChI is InChI=1S/C17H16N4O2S/c1-12(10-18)24-17-20-19-16(13-5-3-6-14(9-13)22-2)21(17)11-15-7-4-8-23-15/h3-9,12H,11H2,1-2H3/t12-/m0/s1. The van der Waals surface area contributed by atoms with Crippen LogP contribution in [0.2, 0.25) is 0 Å². The SMILES string of the molecule is COc1cccc(-c2nnc(S[C@@H](C)C#N)n2Cc2ccco2)c1. The molecule has 24 heavy (non-hydrogen) atoms. The van der Waals surface area contributed by atoms with Gasteiger partial charge in [0, 0.05) is 5.56 Å². The average Bonchev–Trinajstić information content (AvgIpc) is 3.26. The zero-order valence-corrected chi connectivity index (χ0v) is 14.2. The van der Waals surface area contributed by atoms with E-state index in [0.29, 0.717) is 17.5 Å². The molecule has 0 N–H and O–H groups in total. The molecular weight excluding hydrogens is 324 g/mol. The first-order valence-corrected chi connectivity index (χ1v) is 8.25. The summed E-state index contributed by atoms with van der Waals surface area (Å²) in [6.07, 6.45) is 1.63. The third-order valence-corrected chi connectivity index (χ3v) is 4.37. The van der Waals surface area contributed by atoms with Crippen LogP contribution >= 0.6 is 11.8 Å². The Morgan fingerprint density at radius 1 is 1.33 bits per heavy atom. The van der Waals surface area contributed by atoms with Crippen LogP contribution in [0.5, 0.6) is 5.75 Å². The smallest absolute Gasteiger partial charge is 0.193 e. The van der Waals surface area contributed by atoms with E-state index in [0.717, 1.165) is 17.1 Å². The second-order valence-electron chi connectivity index (χ2n) is 5.09. The number of hydrogen-bond donors (Lipinski definition) is 0. The van der Waals surface area contributed by atoms with E-state index in [1.165, 1.54) is 11.8 Å². The van der Waals surface area contributed by atoms with E-state index in [2.05, 4.69) is 16.3 Å². The number of hydrogen-bond acceptors (Lipinski definition) is 6. The van der Waals surface area contributed by atoms with Gasteiger partial charge in [0.05, 0.1) is 31.2 Å². The molecule has 0 aliphatic heterocycles. The molecule has 1 atom stereocenters. The molecule has 7 heteroatoms. The van der Waals surface area contributed by atoms with Crippen molar-refractivity contribution in [2.45, 2.75) is 23.9 Å². The van der Waals surface area contributed by atoms with Crippen LogP contribution in [0.25, 0.3) is 11.4 Å². The number of rotatable bonds is 6. The molecule has 0 saturated heterocycles. The highest BCUT2D eigenvalue weighted by molar-refractivity contribution is 8.00. The van der Waals surface area contributed by atoms with Gasteiger partial charge in [0.1, 0.15) is 11.5 Å². The monoisotopic (exact) mass is 340 g/mol. The Morgan fingerprint density at radius 2 is 2.21 bits per heavy atom. The van der Waals surface area contributed by atoms with Crippen molar-refractivity contribution in [3.63, 3.8) is 0 Å². The quantitative estimate of drug-likeness (QED) is 0.638. The van der Waals surface area contributed by atoms with Crippen LogP contribution < -0.4 is 4.74 Å². The Morgan fingerprint density at radius 3 is 2.92 bits per heavy atom. The maximum atomic E-state index is 9.07. The molecule has 1 aromatic carbocycles. The summed E-state index contributed by atoms with van der Waals surface area (Å²) in [7, 11) is 1.63. The normalized spacial score (nSPS) is 11.9. The molecule has 0 radical (unpaired) electrons. The zero-order valence-electron chi connectivity index (χ0n) is 13.3. The van der Waals surface area contributed by atoms with Gasteiger partial charge in [-0.15, -0.1) is 10.2 Å². The first-order valence-electron chi connectivity index (χ1n) is 7.37. The van der Waals surface area contributed by atoms with Crippen LogP contribution in [0, 0.1) is 11.3 Å². The Balaban J connectivity index is 2.03. The van der Waals surface area contributed by atoms with Gasteiger partial charge in [0.25, 0.3) is 0 Å². The zero-order chi connectivity index (χ0) is 16.9. The molecule has 2 heterocycles. The molecular formula is C17H16N4O2S. The maximum absolute atomic E-state index is 9.07. The number of benzene rings is 1. The fourth-order valence-electron chi connectivity index (χ4n) is 2.24. The number of ether oxygens (including phenoxy) is 1. The Hall–Kier alpha value is -2.72. The van der Waals surface area contributed by atoms with E-state index in [9.17, 15) is 0 Å². The summed E-state index contributed by atoms with van der Waals surface area (Å²) < 4.78 is 12.7. The summed E-state index contributed by atoms with van der Waals surface area (Å²) in [6.45, 7) is 2.33. The van der Waals surface area contributed by atoms with Gasteiger partial charge >= 0.3 is 0 Å². The summed E-state index contributed by atoms with van der Waals surface area (Å²) in [5, 5.41) is 18.1. The van der Waals surface area contributed by atoms with Crippen molar-refractivity contribution in [3.8, 4) is 23.2 Å². The number of aromatic nitrogens is 3. The molecule has 3 rings (SSSR count). The van der Waals surface area contributed by atoms with Gasteiger partial charge < -0.3 is 9.15 Å². The molecule has 3 aromatic rings. The van der Waals surface area contributed by atoms with Crippen molar-refractivity contribution in [2.75, 3.05) is 7.11 Å². The first-order chi connectivity index (χ1) is 11.7. The number of furan rings is 1. The fraction of sp³-hybridized carbons (Fsp3) is 0.235. The summed E-state index contributed by atoms with van der Waals surface area (Å²) in [5.74, 6) is 2.25. The van der Waals surface area contributed by atoms with Crippen molar-refractivity contribution >= 4 is 11.8 Å². The molecule has 0 aliphatic carbocycles. The topological polar surface area (TPSA) is 76.9 Å². The van der Waals surface area contributed by atoms with Gasteiger partial charge in [0.2, 0.25) is 0 Å². The molecule has 2 aromatic heterocycles. The minimum atomic E-state index is -0.220. The van der Waals surface area contributed by atoms with Crippen molar-refractivity contribution in [2.24, 2.45) is 0 Å². The lowest BCUT2D eigenvalue weighted by Gasteiger charge is -2.10.